The van der Waals surface area contributed by atoms with Crippen LogP contribution in [0.25, 0.3) is 5.65 Å². The Morgan fingerprint density at radius 2 is 1.95 bits per heavy atom. The topological polar surface area (TPSA) is 26.5 Å². The van der Waals surface area contributed by atoms with Crippen LogP contribution >= 0.6 is 0 Å². The number of terminal acetylenes is 1. The molecule has 3 rings (SSSR count). The van der Waals surface area contributed by atoms with E-state index in [4.69, 9.17) is 11.2 Å². The van der Waals surface area contributed by atoms with Crippen molar-refractivity contribution in [2.24, 2.45) is 0 Å². The van der Waals surface area contributed by atoms with Crippen molar-refractivity contribution in [3.63, 3.8) is 0 Å². The Bertz CT molecular complexity index is 740. The molecule has 2 heterocycles. The van der Waals surface area contributed by atoms with Crippen molar-refractivity contribution in [1.29, 1.82) is 0 Å². The fourth-order valence-electron chi connectivity index (χ4n) is 2.26. The van der Waals surface area contributed by atoms with Crippen LogP contribution in [0.5, 0.6) is 0 Å². The third-order valence-electron chi connectivity index (χ3n) is 3.15. The highest BCUT2D eigenvalue weighted by atomic mass is 16.5. The van der Waals surface area contributed by atoms with Gasteiger partial charge in [-0.3, -0.25) is 0 Å². The van der Waals surface area contributed by atoms with Crippen LogP contribution in [0.1, 0.15) is 17.4 Å². The lowest BCUT2D eigenvalue weighted by Gasteiger charge is -2.16. The van der Waals surface area contributed by atoms with Crippen LogP contribution in [0.15, 0.2) is 60.9 Å². The van der Waals surface area contributed by atoms with Gasteiger partial charge < -0.3 is 9.14 Å². The number of hydrogen-bond acceptors (Lipinski definition) is 2. The molecule has 0 amide bonds. The Balaban J connectivity index is 2.07. The molecular weight excluding hydrogens is 248 g/mol. The summed E-state index contributed by atoms with van der Waals surface area (Å²) in [6, 6.07) is 15.9. The fraction of sp³-hybridized carbons (Fsp3) is 0.118. The third-order valence-corrected chi connectivity index (χ3v) is 3.15. The molecule has 0 saturated heterocycles. The monoisotopic (exact) mass is 262 g/mol. The zero-order chi connectivity index (χ0) is 13.8. The summed E-state index contributed by atoms with van der Waals surface area (Å²) in [5.41, 5.74) is 2.93. The maximum Gasteiger partial charge on any atom is 0.136 e. The number of pyridine rings is 1. The van der Waals surface area contributed by atoms with Crippen LogP contribution < -0.4 is 0 Å². The first-order chi connectivity index (χ1) is 9.90. The summed E-state index contributed by atoms with van der Waals surface area (Å²) in [4.78, 5) is 4.40. The summed E-state index contributed by atoms with van der Waals surface area (Å²) in [5.74, 6) is 2.53. The SMILES string of the molecule is C#CCOC(c1ccccc1)c1cnc2ccccn12. The molecule has 98 valence electrons. The number of rotatable bonds is 4. The minimum atomic E-state index is -0.218. The van der Waals surface area contributed by atoms with Gasteiger partial charge in [-0.15, -0.1) is 6.42 Å². The first kappa shape index (κ1) is 12.5. The van der Waals surface area contributed by atoms with Crippen LogP contribution in [0, 0.1) is 12.3 Å². The maximum atomic E-state index is 5.83. The van der Waals surface area contributed by atoms with Gasteiger partial charge >= 0.3 is 0 Å². The predicted molar refractivity (Wildman–Crippen MR) is 78.3 cm³/mol. The van der Waals surface area contributed by atoms with Gasteiger partial charge in [0.1, 0.15) is 18.4 Å². The maximum absolute atomic E-state index is 5.83. The van der Waals surface area contributed by atoms with Crippen molar-refractivity contribution >= 4 is 5.65 Å². The molecule has 3 aromatic rings. The highest BCUT2D eigenvalue weighted by Gasteiger charge is 2.18. The molecule has 2 aromatic heterocycles. The third kappa shape index (κ3) is 2.29. The quantitative estimate of drug-likeness (QED) is 0.675. The lowest BCUT2D eigenvalue weighted by molar-refractivity contribution is 0.105. The van der Waals surface area contributed by atoms with Crippen molar-refractivity contribution in [3.8, 4) is 12.3 Å². The molecule has 1 unspecified atom stereocenters. The van der Waals surface area contributed by atoms with Crippen molar-refractivity contribution in [1.82, 2.24) is 9.38 Å². The molecule has 0 aliphatic carbocycles. The number of fused-ring (bicyclic) bond motifs is 1. The van der Waals surface area contributed by atoms with E-state index in [1.807, 2.05) is 65.3 Å². The zero-order valence-corrected chi connectivity index (χ0v) is 10.9. The lowest BCUT2D eigenvalue weighted by atomic mass is 10.1. The Labute approximate surface area is 117 Å². The number of benzene rings is 1. The van der Waals surface area contributed by atoms with Crippen LogP contribution in [0.4, 0.5) is 0 Å². The van der Waals surface area contributed by atoms with E-state index in [2.05, 4.69) is 10.9 Å². The van der Waals surface area contributed by atoms with Crippen molar-refractivity contribution < 1.29 is 4.74 Å². The van der Waals surface area contributed by atoms with E-state index < -0.39 is 0 Å². The Morgan fingerprint density at radius 1 is 1.15 bits per heavy atom. The molecule has 1 aromatic carbocycles. The molecule has 0 saturated carbocycles. The lowest BCUT2D eigenvalue weighted by Crippen LogP contribution is -2.09. The first-order valence-electron chi connectivity index (χ1n) is 6.42. The molecule has 0 bridgehead atoms. The molecule has 0 aliphatic rings. The van der Waals surface area contributed by atoms with E-state index in [0.29, 0.717) is 0 Å². The summed E-state index contributed by atoms with van der Waals surface area (Å²) >= 11 is 0. The molecule has 3 heteroatoms. The molecule has 0 radical (unpaired) electrons. The Morgan fingerprint density at radius 3 is 2.75 bits per heavy atom. The molecule has 0 spiro atoms. The van der Waals surface area contributed by atoms with E-state index in [-0.39, 0.29) is 12.7 Å². The van der Waals surface area contributed by atoms with Crippen LogP contribution in [-0.2, 0) is 4.74 Å². The number of hydrogen-bond donors (Lipinski definition) is 0. The van der Waals surface area contributed by atoms with E-state index >= 15 is 0 Å². The van der Waals surface area contributed by atoms with E-state index in [9.17, 15) is 0 Å². The van der Waals surface area contributed by atoms with Gasteiger partial charge in [0.05, 0.1) is 11.9 Å². The number of imidazole rings is 1. The van der Waals surface area contributed by atoms with Gasteiger partial charge in [0, 0.05) is 6.20 Å². The number of ether oxygens (including phenoxy) is 1. The summed E-state index contributed by atoms with van der Waals surface area (Å²) < 4.78 is 7.85. The van der Waals surface area contributed by atoms with Crippen LogP contribution in [-0.4, -0.2) is 16.0 Å². The zero-order valence-electron chi connectivity index (χ0n) is 10.9. The number of nitrogens with zero attached hydrogens (tertiary/aromatic N) is 2. The smallest absolute Gasteiger partial charge is 0.136 e. The highest BCUT2D eigenvalue weighted by molar-refractivity contribution is 5.42. The van der Waals surface area contributed by atoms with Gasteiger partial charge in [-0.1, -0.05) is 42.3 Å². The van der Waals surface area contributed by atoms with Gasteiger partial charge in [-0.25, -0.2) is 4.98 Å². The molecule has 0 aliphatic heterocycles. The molecule has 0 N–H and O–H groups in total. The van der Waals surface area contributed by atoms with Crippen LogP contribution in [0.2, 0.25) is 0 Å². The summed E-state index contributed by atoms with van der Waals surface area (Å²) in [5, 5.41) is 0. The Kier molecular flexibility index (Phi) is 3.49. The second-order valence-corrected chi connectivity index (χ2v) is 4.42. The molecule has 20 heavy (non-hydrogen) atoms. The summed E-state index contributed by atoms with van der Waals surface area (Å²) in [6.07, 6.45) is 8.92. The summed E-state index contributed by atoms with van der Waals surface area (Å²) in [7, 11) is 0. The highest BCUT2D eigenvalue weighted by Crippen LogP contribution is 2.26. The van der Waals surface area contributed by atoms with Gasteiger partial charge in [-0.2, -0.15) is 0 Å². The average Bonchev–Trinajstić information content (AvgIpc) is 2.93. The molecule has 1 atom stereocenters. The standard InChI is InChI=1S/C17H14N2O/c1-2-12-20-17(14-8-4-3-5-9-14)15-13-18-16-10-6-7-11-19(15)16/h1,3-11,13,17H,12H2. The Hall–Kier alpha value is -2.57. The number of aromatic nitrogens is 2. The largest absolute Gasteiger partial charge is 0.355 e. The van der Waals surface area contributed by atoms with Crippen molar-refractivity contribution in [3.05, 3.63) is 72.2 Å². The molecule has 0 fully saturated rings. The van der Waals surface area contributed by atoms with Gasteiger partial charge in [-0.05, 0) is 17.7 Å². The van der Waals surface area contributed by atoms with Crippen molar-refractivity contribution in [2.45, 2.75) is 6.10 Å². The van der Waals surface area contributed by atoms with E-state index in [0.717, 1.165) is 16.9 Å². The molecule has 3 nitrogen and oxygen atoms in total. The average molecular weight is 262 g/mol. The molecular formula is C17H14N2O. The second kappa shape index (κ2) is 5.60. The van der Waals surface area contributed by atoms with Gasteiger partial charge in [0.15, 0.2) is 0 Å². The summed E-state index contributed by atoms with van der Waals surface area (Å²) in [6.45, 7) is 0.264. The minimum Gasteiger partial charge on any atom is -0.355 e. The minimum absolute atomic E-state index is 0.218. The fourth-order valence-corrected chi connectivity index (χ4v) is 2.26. The van der Waals surface area contributed by atoms with E-state index in [1.165, 1.54) is 0 Å². The first-order valence-corrected chi connectivity index (χ1v) is 6.42. The van der Waals surface area contributed by atoms with Crippen LogP contribution in [0.3, 0.4) is 0 Å². The van der Waals surface area contributed by atoms with Gasteiger partial charge in [0.2, 0.25) is 0 Å². The normalized spacial score (nSPS) is 12.2. The van der Waals surface area contributed by atoms with Gasteiger partial charge in [0.25, 0.3) is 0 Å². The predicted octanol–water partition coefficient (Wildman–Crippen LogP) is 3.07. The second-order valence-electron chi connectivity index (χ2n) is 4.42. The van der Waals surface area contributed by atoms with E-state index in [1.54, 1.807) is 0 Å². The van der Waals surface area contributed by atoms with Crippen molar-refractivity contribution in [2.75, 3.05) is 6.61 Å².